The summed E-state index contributed by atoms with van der Waals surface area (Å²) in [6.45, 7) is 6.93. The van der Waals surface area contributed by atoms with Crippen molar-refractivity contribution in [3.63, 3.8) is 0 Å². The third-order valence-electron chi connectivity index (χ3n) is 4.61. The van der Waals surface area contributed by atoms with E-state index in [2.05, 4.69) is 46.1 Å². The normalized spacial score (nSPS) is 24.3. The monoisotopic (exact) mass is 358 g/mol. The average Bonchev–Trinajstić information content (AvgIpc) is 2.74. The molecule has 0 amide bonds. The Hall–Kier alpha value is 0.1000. The smallest absolute Gasteiger partial charge is 0.0593 e. The summed E-state index contributed by atoms with van der Waals surface area (Å²) in [5, 5.41) is 2.18. The molecule has 114 valence electrons. The number of hydrogen-bond donors (Lipinski definition) is 1. The lowest BCUT2D eigenvalue weighted by Crippen LogP contribution is -2.41. The van der Waals surface area contributed by atoms with Crippen molar-refractivity contribution in [3.05, 3.63) is 20.8 Å². The van der Waals surface area contributed by atoms with E-state index in [0.717, 1.165) is 12.3 Å². The van der Waals surface area contributed by atoms with Crippen LogP contribution in [0, 0.1) is 5.92 Å². The molecule has 4 heteroatoms. The van der Waals surface area contributed by atoms with E-state index in [0.29, 0.717) is 6.04 Å². The Kier molecular flexibility index (Phi) is 6.53. The number of rotatable bonds is 5. The lowest BCUT2D eigenvalue weighted by Gasteiger charge is -2.34. The van der Waals surface area contributed by atoms with Crippen molar-refractivity contribution >= 4 is 27.3 Å². The van der Waals surface area contributed by atoms with Gasteiger partial charge in [-0.2, -0.15) is 0 Å². The fraction of sp³-hybridized carbons (Fsp3) is 0.750. The third kappa shape index (κ3) is 4.06. The van der Waals surface area contributed by atoms with Crippen molar-refractivity contribution in [1.29, 1.82) is 0 Å². The molecule has 3 atom stereocenters. The van der Waals surface area contributed by atoms with Gasteiger partial charge in [0.2, 0.25) is 0 Å². The summed E-state index contributed by atoms with van der Waals surface area (Å²) < 4.78 is 1.19. The maximum Gasteiger partial charge on any atom is 0.0593 e. The Morgan fingerprint density at radius 2 is 2.20 bits per heavy atom. The molecule has 1 aromatic heterocycles. The molecule has 1 aliphatic heterocycles. The first kappa shape index (κ1) is 16.5. The Morgan fingerprint density at radius 3 is 2.80 bits per heavy atom. The van der Waals surface area contributed by atoms with Crippen molar-refractivity contribution in [2.24, 2.45) is 11.7 Å². The summed E-state index contributed by atoms with van der Waals surface area (Å²) in [5.74, 6) is 0.911. The van der Waals surface area contributed by atoms with Crippen LogP contribution in [0.3, 0.4) is 0 Å². The van der Waals surface area contributed by atoms with Gasteiger partial charge in [-0.3, -0.25) is 4.90 Å². The molecule has 0 aliphatic carbocycles. The minimum atomic E-state index is 0.235. The number of nitrogens with zero attached hydrogens (tertiary/aromatic N) is 1. The second-order valence-corrected chi connectivity index (χ2v) is 7.78. The van der Waals surface area contributed by atoms with Crippen LogP contribution in [0.5, 0.6) is 0 Å². The lowest BCUT2D eigenvalue weighted by molar-refractivity contribution is 0.176. The third-order valence-corrected chi connectivity index (χ3v) is 6.37. The Labute approximate surface area is 135 Å². The van der Waals surface area contributed by atoms with Gasteiger partial charge in [0.15, 0.2) is 0 Å². The molecule has 3 unspecified atom stereocenters. The molecule has 0 spiro atoms. The van der Waals surface area contributed by atoms with Crippen LogP contribution >= 0.6 is 27.3 Å². The molecule has 2 heterocycles. The standard InChI is InChI=1S/C16H27BrN2S/c1-3-12-6-5-8-19(9-7-12)16(14(18)4-2)15-10-13(17)11-20-15/h10-12,14,16H,3-9,18H2,1-2H3. The molecule has 2 nitrogen and oxygen atoms in total. The van der Waals surface area contributed by atoms with E-state index in [-0.39, 0.29) is 6.04 Å². The predicted molar refractivity (Wildman–Crippen MR) is 92.2 cm³/mol. The van der Waals surface area contributed by atoms with Crippen LogP contribution in [0.15, 0.2) is 15.9 Å². The van der Waals surface area contributed by atoms with Gasteiger partial charge in [0, 0.05) is 20.8 Å². The highest BCUT2D eigenvalue weighted by Gasteiger charge is 2.28. The summed E-state index contributed by atoms with van der Waals surface area (Å²) >= 11 is 5.42. The molecule has 1 aliphatic rings. The predicted octanol–water partition coefficient (Wildman–Crippen LogP) is 4.80. The van der Waals surface area contributed by atoms with Crippen LogP contribution < -0.4 is 5.73 Å². The zero-order valence-electron chi connectivity index (χ0n) is 12.6. The molecule has 1 aromatic rings. The van der Waals surface area contributed by atoms with Gasteiger partial charge < -0.3 is 5.73 Å². The van der Waals surface area contributed by atoms with Crippen LogP contribution in [0.25, 0.3) is 0 Å². The Bertz CT molecular complexity index is 407. The minimum absolute atomic E-state index is 0.235. The Morgan fingerprint density at radius 1 is 1.40 bits per heavy atom. The Balaban J connectivity index is 2.14. The molecule has 0 saturated carbocycles. The highest BCUT2D eigenvalue weighted by Crippen LogP contribution is 2.34. The van der Waals surface area contributed by atoms with Crippen LogP contribution in [0.4, 0.5) is 0 Å². The van der Waals surface area contributed by atoms with E-state index >= 15 is 0 Å². The van der Waals surface area contributed by atoms with E-state index in [1.807, 2.05) is 11.3 Å². The molecule has 0 aromatic carbocycles. The molecule has 0 radical (unpaired) electrons. The number of nitrogens with two attached hydrogens (primary N) is 1. The summed E-state index contributed by atoms with van der Waals surface area (Å²) in [4.78, 5) is 4.06. The lowest BCUT2D eigenvalue weighted by atomic mass is 9.98. The molecule has 1 fully saturated rings. The number of thiophene rings is 1. The van der Waals surface area contributed by atoms with Crippen molar-refractivity contribution in [1.82, 2.24) is 4.90 Å². The second kappa shape index (κ2) is 7.92. The first-order valence-corrected chi connectivity index (χ1v) is 9.56. The highest BCUT2D eigenvalue weighted by molar-refractivity contribution is 9.10. The maximum atomic E-state index is 6.46. The van der Waals surface area contributed by atoms with E-state index < -0.39 is 0 Å². The van der Waals surface area contributed by atoms with Crippen molar-refractivity contribution in [2.45, 2.75) is 58.0 Å². The van der Waals surface area contributed by atoms with Crippen molar-refractivity contribution in [2.75, 3.05) is 13.1 Å². The average molecular weight is 359 g/mol. The zero-order valence-corrected chi connectivity index (χ0v) is 15.0. The fourth-order valence-corrected chi connectivity index (χ4v) is 4.90. The summed E-state index contributed by atoms with van der Waals surface area (Å²) in [6.07, 6.45) is 6.39. The van der Waals surface area contributed by atoms with Gasteiger partial charge in [0.05, 0.1) is 6.04 Å². The first-order valence-electron chi connectivity index (χ1n) is 7.89. The minimum Gasteiger partial charge on any atom is -0.326 e. The highest BCUT2D eigenvalue weighted by atomic mass is 79.9. The fourth-order valence-electron chi connectivity index (χ4n) is 3.24. The molecule has 0 bridgehead atoms. The van der Waals surface area contributed by atoms with Gasteiger partial charge in [0.1, 0.15) is 0 Å². The van der Waals surface area contributed by atoms with Crippen LogP contribution in [0.1, 0.15) is 56.9 Å². The van der Waals surface area contributed by atoms with Gasteiger partial charge in [0.25, 0.3) is 0 Å². The molecular formula is C16H27BrN2S. The summed E-state index contributed by atoms with van der Waals surface area (Å²) in [5.41, 5.74) is 6.46. The van der Waals surface area contributed by atoms with E-state index in [4.69, 9.17) is 5.73 Å². The number of likely N-dealkylation sites (tertiary alicyclic amines) is 1. The molecule has 2 rings (SSSR count). The van der Waals surface area contributed by atoms with Crippen LogP contribution in [-0.4, -0.2) is 24.0 Å². The molecule has 20 heavy (non-hydrogen) atoms. The van der Waals surface area contributed by atoms with Gasteiger partial charge >= 0.3 is 0 Å². The van der Waals surface area contributed by atoms with E-state index in [9.17, 15) is 0 Å². The largest absolute Gasteiger partial charge is 0.326 e. The molecule has 2 N–H and O–H groups in total. The zero-order chi connectivity index (χ0) is 14.5. The summed E-state index contributed by atoms with van der Waals surface area (Å²) in [7, 11) is 0. The van der Waals surface area contributed by atoms with Gasteiger partial charge in [-0.1, -0.05) is 20.3 Å². The molecule has 1 saturated heterocycles. The van der Waals surface area contributed by atoms with E-state index in [1.54, 1.807) is 0 Å². The molecular weight excluding hydrogens is 332 g/mol. The van der Waals surface area contributed by atoms with Crippen molar-refractivity contribution in [3.8, 4) is 0 Å². The second-order valence-electron chi connectivity index (χ2n) is 5.93. The SMILES string of the molecule is CCC1CCCN(C(c2cc(Br)cs2)C(N)CC)CC1. The quantitative estimate of drug-likeness (QED) is 0.818. The first-order chi connectivity index (χ1) is 9.65. The van der Waals surface area contributed by atoms with Crippen LogP contribution in [0.2, 0.25) is 0 Å². The number of hydrogen-bond acceptors (Lipinski definition) is 3. The van der Waals surface area contributed by atoms with Crippen molar-refractivity contribution < 1.29 is 0 Å². The summed E-state index contributed by atoms with van der Waals surface area (Å²) in [6, 6.07) is 2.89. The van der Waals surface area contributed by atoms with Gasteiger partial charge in [-0.15, -0.1) is 11.3 Å². The number of halogens is 1. The topological polar surface area (TPSA) is 29.3 Å². The van der Waals surface area contributed by atoms with E-state index in [1.165, 1.54) is 48.1 Å². The van der Waals surface area contributed by atoms with Gasteiger partial charge in [-0.25, -0.2) is 0 Å². The maximum absolute atomic E-state index is 6.46. The van der Waals surface area contributed by atoms with Gasteiger partial charge in [-0.05, 0) is 66.7 Å². The van der Waals surface area contributed by atoms with Crippen LogP contribution in [-0.2, 0) is 0 Å².